The molecule has 1 aliphatic heterocycles. The molecule has 0 unspecified atom stereocenters. The van der Waals surface area contributed by atoms with E-state index in [1.165, 1.54) is 7.11 Å². The van der Waals surface area contributed by atoms with Crippen molar-refractivity contribution in [2.75, 3.05) is 27.2 Å². The molecular formula is C15H17N3O3. The Morgan fingerprint density at radius 2 is 2.10 bits per heavy atom. The lowest BCUT2D eigenvalue weighted by Gasteiger charge is -2.11. The maximum Gasteiger partial charge on any atom is 0.337 e. The van der Waals surface area contributed by atoms with Crippen LogP contribution in [0.3, 0.4) is 0 Å². The Labute approximate surface area is 122 Å². The molecule has 0 saturated heterocycles. The highest BCUT2D eigenvalue weighted by Gasteiger charge is 2.17. The minimum absolute atomic E-state index is 0.0870. The van der Waals surface area contributed by atoms with E-state index >= 15 is 0 Å². The van der Waals surface area contributed by atoms with Gasteiger partial charge in [-0.25, -0.2) is 9.78 Å². The highest BCUT2D eigenvalue weighted by Crippen LogP contribution is 2.14. The molecule has 0 amide bonds. The van der Waals surface area contributed by atoms with E-state index in [1.807, 2.05) is 7.05 Å². The molecule has 21 heavy (non-hydrogen) atoms. The zero-order valence-corrected chi connectivity index (χ0v) is 12.1. The number of carbonyl (C=O) groups excluding carboxylic acids is 1. The van der Waals surface area contributed by atoms with E-state index in [1.54, 1.807) is 22.8 Å². The number of ether oxygens (including phenoxy) is 1. The Hall–Kier alpha value is -2.21. The zero-order valence-electron chi connectivity index (χ0n) is 12.1. The van der Waals surface area contributed by atoms with Crippen molar-refractivity contribution in [2.24, 2.45) is 0 Å². The van der Waals surface area contributed by atoms with Crippen LogP contribution in [0.2, 0.25) is 0 Å². The van der Waals surface area contributed by atoms with Gasteiger partial charge in [0.15, 0.2) is 0 Å². The van der Waals surface area contributed by atoms with Crippen molar-refractivity contribution in [1.82, 2.24) is 14.5 Å². The second-order valence-corrected chi connectivity index (χ2v) is 5.26. The number of esters is 1. The molecule has 0 bridgehead atoms. The summed E-state index contributed by atoms with van der Waals surface area (Å²) in [6, 6.07) is 4.91. The smallest absolute Gasteiger partial charge is 0.337 e. The number of hydrogen-bond acceptors (Lipinski definition) is 5. The van der Waals surface area contributed by atoms with Gasteiger partial charge < -0.3 is 9.64 Å². The highest BCUT2D eigenvalue weighted by molar-refractivity contribution is 5.94. The highest BCUT2D eigenvalue weighted by atomic mass is 16.5. The van der Waals surface area contributed by atoms with Crippen molar-refractivity contribution in [3.63, 3.8) is 0 Å². The van der Waals surface area contributed by atoms with Gasteiger partial charge in [-0.1, -0.05) is 0 Å². The fraction of sp³-hybridized carbons (Fsp3) is 0.400. The van der Waals surface area contributed by atoms with Crippen LogP contribution in [-0.4, -0.2) is 47.7 Å². The molecule has 0 atom stereocenters. The molecule has 6 heteroatoms. The van der Waals surface area contributed by atoms with E-state index in [0.29, 0.717) is 23.0 Å². The van der Waals surface area contributed by atoms with E-state index < -0.39 is 5.97 Å². The largest absolute Gasteiger partial charge is 0.465 e. The van der Waals surface area contributed by atoms with Gasteiger partial charge in [-0.05, 0) is 25.2 Å². The van der Waals surface area contributed by atoms with E-state index in [2.05, 4.69) is 9.88 Å². The number of fused-ring (bicyclic) bond motifs is 2. The van der Waals surface area contributed by atoms with Crippen LogP contribution in [0.15, 0.2) is 23.0 Å². The first-order valence-corrected chi connectivity index (χ1v) is 6.90. The van der Waals surface area contributed by atoms with Crippen LogP contribution >= 0.6 is 0 Å². The van der Waals surface area contributed by atoms with E-state index in [4.69, 9.17) is 4.74 Å². The first kappa shape index (κ1) is 13.8. The Morgan fingerprint density at radius 1 is 1.29 bits per heavy atom. The van der Waals surface area contributed by atoms with Gasteiger partial charge in [0, 0.05) is 26.1 Å². The normalized spacial score (nSPS) is 15.5. The van der Waals surface area contributed by atoms with Crippen molar-refractivity contribution in [2.45, 2.75) is 13.0 Å². The molecule has 0 spiro atoms. The lowest BCUT2D eigenvalue weighted by molar-refractivity contribution is 0.0601. The SMILES string of the molecule is COC(=O)c1ccc2nc3n(c(=O)c2c1)CCN(C)CC3. The summed E-state index contributed by atoms with van der Waals surface area (Å²) in [5.41, 5.74) is 0.912. The molecule has 2 heterocycles. The van der Waals surface area contributed by atoms with Crippen molar-refractivity contribution in [3.05, 3.63) is 39.9 Å². The summed E-state index contributed by atoms with van der Waals surface area (Å²) in [7, 11) is 3.36. The molecule has 1 aromatic carbocycles. The third-order valence-corrected chi connectivity index (χ3v) is 3.88. The van der Waals surface area contributed by atoms with Gasteiger partial charge in [-0.3, -0.25) is 9.36 Å². The summed E-state index contributed by atoms with van der Waals surface area (Å²) in [6.07, 6.45) is 0.750. The quantitative estimate of drug-likeness (QED) is 0.721. The van der Waals surface area contributed by atoms with Crippen molar-refractivity contribution in [3.8, 4) is 0 Å². The number of nitrogens with zero attached hydrogens (tertiary/aromatic N) is 3. The molecule has 0 aliphatic carbocycles. The zero-order chi connectivity index (χ0) is 15.0. The number of methoxy groups -OCH3 is 1. The molecule has 0 fully saturated rings. The lowest BCUT2D eigenvalue weighted by Crippen LogP contribution is -2.27. The second-order valence-electron chi connectivity index (χ2n) is 5.26. The fourth-order valence-corrected chi connectivity index (χ4v) is 2.61. The number of hydrogen-bond donors (Lipinski definition) is 0. The summed E-state index contributed by atoms with van der Waals surface area (Å²) in [5.74, 6) is 0.360. The number of aromatic nitrogens is 2. The summed E-state index contributed by atoms with van der Waals surface area (Å²) in [6.45, 7) is 2.32. The Bertz CT molecular complexity index is 767. The standard InChI is InChI=1S/C15H17N3O3/c1-17-6-5-13-16-12-4-3-10(15(20)21-2)9-11(12)14(19)18(13)8-7-17/h3-4,9H,5-8H2,1-2H3. The second kappa shape index (κ2) is 5.29. The minimum atomic E-state index is -0.448. The fourth-order valence-electron chi connectivity index (χ4n) is 2.61. The Kier molecular flexibility index (Phi) is 3.47. The first-order valence-electron chi connectivity index (χ1n) is 6.90. The molecular weight excluding hydrogens is 270 g/mol. The third kappa shape index (κ3) is 2.42. The maximum absolute atomic E-state index is 12.6. The van der Waals surface area contributed by atoms with Gasteiger partial charge in [0.25, 0.3) is 5.56 Å². The summed E-state index contributed by atoms with van der Waals surface area (Å²) in [5, 5.41) is 0.464. The maximum atomic E-state index is 12.6. The van der Waals surface area contributed by atoms with Gasteiger partial charge in [-0.2, -0.15) is 0 Å². The van der Waals surface area contributed by atoms with Crippen LogP contribution in [-0.2, 0) is 17.7 Å². The van der Waals surface area contributed by atoms with Crippen LogP contribution in [0.1, 0.15) is 16.2 Å². The predicted octanol–water partition coefficient (Wildman–Crippen LogP) is 0.671. The van der Waals surface area contributed by atoms with Crippen molar-refractivity contribution >= 4 is 16.9 Å². The monoisotopic (exact) mass is 287 g/mol. The summed E-state index contributed by atoms with van der Waals surface area (Å²) < 4.78 is 6.41. The van der Waals surface area contributed by atoms with Gasteiger partial charge in [0.05, 0.1) is 23.6 Å². The van der Waals surface area contributed by atoms with Gasteiger partial charge in [-0.15, -0.1) is 0 Å². The van der Waals surface area contributed by atoms with Gasteiger partial charge in [0.1, 0.15) is 5.82 Å². The molecule has 1 aliphatic rings. The van der Waals surface area contributed by atoms with E-state index in [-0.39, 0.29) is 5.56 Å². The van der Waals surface area contributed by atoms with E-state index in [9.17, 15) is 9.59 Å². The minimum Gasteiger partial charge on any atom is -0.465 e. The van der Waals surface area contributed by atoms with E-state index in [0.717, 1.165) is 25.3 Å². The van der Waals surface area contributed by atoms with Crippen LogP contribution < -0.4 is 5.56 Å². The molecule has 0 radical (unpaired) electrons. The molecule has 0 N–H and O–H groups in total. The van der Waals surface area contributed by atoms with Crippen LogP contribution in [0.4, 0.5) is 0 Å². The summed E-state index contributed by atoms with van der Waals surface area (Å²) >= 11 is 0. The number of rotatable bonds is 1. The van der Waals surface area contributed by atoms with Gasteiger partial charge in [0.2, 0.25) is 0 Å². The first-order chi connectivity index (χ1) is 10.1. The molecule has 2 aromatic rings. The summed E-state index contributed by atoms with van der Waals surface area (Å²) in [4.78, 5) is 31.0. The number of likely N-dealkylation sites (N-methyl/N-ethyl adjacent to an activating group) is 1. The van der Waals surface area contributed by atoms with Crippen LogP contribution in [0.5, 0.6) is 0 Å². The topological polar surface area (TPSA) is 64.4 Å². The molecule has 1 aromatic heterocycles. The Morgan fingerprint density at radius 3 is 2.86 bits per heavy atom. The average Bonchev–Trinajstić information content (AvgIpc) is 2.69. The number of carbonyl (C=O) groups is 1. The third-order valence-electron chi connectivity index (χ3n) is 3.88. The average molecular weight is 287 g/mol. The molecule has 6 nitrogen and oxygen atoms in total. The van der Waals surface area contributed by atoms with Crippen LogP contribution in [0, 0.1) is 0 Å². The molecule has 110 valence electrons. The van der Waals surface area contributed by atoms with Crippen molar-refractivity contribution < 1.29 is 9.53 Å². The van der Waals surface area contributed by atoms with Gasteiger partial charge >= 0.3 is 5.97 Å². The van der Waals surface area contributed by atoms with Crippen molar-refractivity contribution in [1.29, 1.82) is 0 Å². The molecule has 0 saturated carbocycles. The predicted molar refractivity (Wildman–Crippen MR) is 78.5 cm³/mol. The van der Waals surface area contributed by atoms with Crippen LogP contribution in [0.25, 0.3) is 10.9 Å². The lowest BCUT2D eigenvalue weighted by atomic mass is 10.1. The molecule has 3 rings (SSSR count). The Balaban J connectivity index is 2.19. The number of benzene rings is 1.